The summed E-state index contributed by atoms with van der Waals surface area (Å²) in [4.78, 5) is 2.52. The molecule has 0 amide bonds. The molecule has 1 aromatic carbocycles. The fraction of sp³-hybridized carbons (Fsp3) is 0.433. The maximum Gasteiger partial charge on any atom is 0.141 e. The van der Waals surface area contributed by atoms with Crippen LogP contribution in [-0.2, 0) is 6.42 Å². The molecular weight excluding hydrogens is 434 g/mol. The van der Waals surface area contributed by atoms with E-state index in [1.807, 2.05) is 19.9 Å². The first-order valence-corrected chi connectivity index (χ1v) is 12.7. The molecule has 35 heavy (non-hydrogen) atoms. The summed E-state index contributed by atoms with van der Waals surface area (Å²) in [6.45, 7) is 11.4. The average molecular weight is 474 g/mol. The minimum absolute atomic E-state index is 0.159. The second kappa shape index (κ2) is 10.7. The third-order valence-corrected chi connectivity index (χ3v) is 7.54. The highest BCUT2D eigenvalue weighted by Crippen LogP contribution is 2.43. The lowest BCUT2D eigenvalue weighted by Crippen LogP contribution is -2.37. The van der Waals surface area contributed by atoms with Crippen molar-refractivity contribution in [3.8, 4) is 0 Å². The van der Waals surface area contributed by atoms with Gasteiger partial charge in [0.2, 0.25) is 0 Å². The van der Waals surface area contributed by atoms with Crippen molar-refractivity contribution in [2.75, 3.05) is 13.7 Å². The van der Waals surface area contributed by atoms with Crippen LogP contribution in [0, 0.1) is 19.3 Å². The zero-order valence-electron chi connectivity index (χ0n) is 21.6. The van der Waals surface area contributed by atoms with E-state index in [-0.39, 0.29) is 6.04 Å². The van der Waals surface area contributed by atoms with Gasteiger partial charge in [-0.15, -0.1) is 6.58 Å². The molecule has 0 radical (unpaired) electrons. The van der Waals surface area contributed by atoms with Gasteiger partial charge in [-0.3, -0.25) is 0 Å². The van der Waals surface area contributed by atoms with E-state index >= 15 is 0 Å². The number of hydrogen-bond donors (Lipinski definition) is 2. The number of allylic oxidation sites excluding steroid dienone is 3. The number of rotatable bonds is 6. The van der Waals surface area contributed by atoms with E-state index in [1.165, 1.54) is 54.5 Å². The lowest BCUT2D eigenvalue weighted by atomic mass is 9.75. The third kappa shape index (κ3) is 5.15. The zero-order valence-corrected chi connectivity index (χ0v) is 21.6. The van der Waals surface area contributed by atoms with Gasteiger partial charge in [-0.05, 0) is 55.7 Å². The minimum atomic E-state index is 0.159. The van der Waals surface area contributed by atoms with Crippen LogP contribution in [0.1, 0.15) is 67.2 Å². The summed E-state index contributed by atoms with van der Waals surface area (Å²) < 4.78 is 5.46. The molecule has 1 unspecified atom stereocenters. The second-order valence-electron chi connectivity index (χ2n) is 10.2. The molecular formula is C30H39N3O2. The van der Waals surface area contributed by atoms with Crippen molar-refractivity contribution in [1.29, 1.82) is 0 Å². The predicted molar refractivity (Wildman–Crippen MR) is 143 cm³/mol. The monoisotopic (exact) mass is 473 g/mol. The number of nitrogens with zero attached hydrogens (tertiary/aromatic N) is 2. The van der Waals surface area contributed by atoms with Crippen molar-refractivity contribution >= 4 is 11.1 Å². The highest BCUT2D eigenvalue weighted by molar-refractivity contribution is 5.83. The molecule has 5 heteroatoms. The summed E-state index contributed by atoms with van der Waals surface area (Å²) >= 11 is 0. The van der Waals surface area contributed by atoms with E-state index < -0.39 is 0 Å². The highest BCUT2D eigenvalue weighted by atomic mass is 16.5. The topological polar surface area (TPSA) is 61.5 Å². The van der Waals surface area contributed by atoms with Gasteiger partial charge < -0.3 is 19.8 Å². The summed E-state index contributed by atoms with van der Waals surface area (Å²) in [7, 11) is 1.00. The molecule has 3 aliphatic rings. The zero-order chi connectivity index (χ0) is 25.0. The van der Waals surface area contributed by atoms with Gasteiger partial charge in [-0.25, -0.2) is 0 Å². The molecule has 1 fully saturated rings. The number of aromatic nitrogens is 1. The van der Waals surface area contributed by atoms with Crippen LogP contribution < -0.4 is 5.32 Å². The van der Waals surface area contributed by atoms with Gasteiger partial charge in [0.15, 0.2) is 0 Å². The number of dihydropyridines is 1. The van der Waals surface area contributed by atoms with Crippen LogP contribution >= 0.6 is 0 Å². The summed E-state index contributed by atoms with van der Waals surface area (Å²) in [5.41, 5.74) is 8.76. The van der Waals surface area contributed by atoms with E-state index in [4.69, 9.17) is 9.63 Å². The fourth-order valence-electron chi connectivity index (χ4n) is 5.75. The van der Waals surface area contributed by atoms with Crippen LogP contribution in [-0.4, -0.2) is 34.9 Å². The molecule has 1 aromatic heterocycles. The Hall–Kier alpha value is -3.05. The largest absolute Gasteiger partial charge is 0.400 e. The van der Waals surface area contributed by atoms with Crippen molar-refractivity contribution in [3.63, 3.8) is 0 Å². The first-order chi connectivity index (χ1) is 17.0. The van der Waals surface area contributed by atoms with E-state index in [0.717, 1.165) is 42.7 Å². The molecule has 0 bridgehead atoms. The van der Waals surface area contributed by atoms with E-state index in [9.17, 15) is 0 Å². The van der Waals surface area contributed by atoms with Crippen LogP contribution in [0.4, 0.5) is 0 Å². The highest BCUT2D eigenvalue weighted by Gasteiger charge is 2.37. The first-order valence-electron chi connectivity index (χ1n) is 12.7. The number of fused-ring (bicyclic) bond motifs is 1. The van der Waals surface area contributed by atoms with Crippen molar-refractivity contribution in [1.82, 2.24) is 15.4 Å². The molecule has 186 valence electrons. The number of aryl methyl sites for hydroxylation is 2. The Bertz CT molecular complexity index is 1110. The molecule has 2 aliphatic heterocycles. The Morgan fingerprint density at radius 2 is 1.89 bits per heavy atom. The number of nitrogens with one attached hydrogen (secondary N) is 1. The van der Waals surface area contributed by atoms with Crippen LogP contribution in [0.2, 0.25) is 0 Å². The lowest BCUT2D eigenvalue weighted by molar-refractivity contribution is 0.169. The van der Waals surface area contributed by atoms with Crippen molar-refractivity contribution in [2.45, 2.75) is 65.3 Å². The van der Waals surface area contributed by atoms with Crippen LogP contribution in [0.5, 0.6) is 0 Å². The maximum atomic E-state index is 7.00. The molecule has 0 saturated heterocycles. The molecule has 1 aliphatic carbocycles. The van der Waals surface area contributed by atoms with E-state index in [2.05, 4.69) is 71.6 Å². The Balaban J connectivity index is 0.00000141. The van der Waals surface area contributed by atoms with E-state index in [1.54, 1.807) is 0 Å². The molecule has 2 N–H and O–H groups in total. The summed E-state index contributed by atoms with van der Waals surface area (Å²) in [6.07, 6.45) is 16.4. The number of benzene rings is 1. The molecule has 5 rings (SSSR count). The van der Waals surface area contributed by atoms with Gasteiger partial charge in [0.05, 0.1) is 11.7 Å². The number of hydrogen-bond acceptors (Lipinski definition) is 5. The smallest absolute Gasteiger partial charge is 0.141 e. The number of aliphatic hydroxyl groups excluding tert-OH is 1. The first kappa shape index (κ1) is 25.1. The van der Waals surface area contributed by atoms with E-state index in [0.29, 0.717) is 5.41 Å². The minimum Gasteiger partial charge on any atom is -0.400 e. The normalized spacial score (nSPS) is 20.5. The Morgan fingerprint density at radius 1 is 1.17 bits per heavy atom. The van der Waals surface area contributed by atoms with Crippen molar-refractivity contribution in [3.05, 3.63) is 89.2 Å². The van der Waals surface area contributed by atoms with Crippen molar-refractivity contribution < 1.29 is 9.63 Å². The second-order valence-corrected chi connectivity index (χ2v) is 10.2. The summed E-state index contributed by atoms with van der Waals surface area (Å²) in [5, 5.41) is 14.9. The van der Waals surface area contributed by atoms with Gasteiger partial charge in [-0.2, -0.15) is 0 Å². The third-order valence-electron chi connectivity index (χ3n) is 7.54. The fourth-order valence-corrected chi connectivity index (χ4v) is 5.75. The van der Waals surface area contributed by atoms with Gasteiger partial charge in [0.25, 0.3) is 0 Å². The number of aliphatic hydroxyl groups is 1. The molecule has 0 spiro atoms. The Kier molecular flexibility index (Phi) is 7.66. The molecule has 5 nitrogen and oxygen atoms in total. The molecule has 1 atom stereocenters. The molecule has 2 aromatic rings. The van der Waals surface area contributed by atoms with Crippen LogP contribution in [0.15, 0.2) is 65.6 Å². The van der Waals surface area contributed by atoms with Gasteiger partial charge >= 0.3 is 0 Å². The van der Waals surface area contributed by atoms with Gasteiger partial charge in [0.1, 0.15) is 5.76 Å². The standard InChI is InChI=1S/C29H35N3O.CH4O/c1-5-9-22-10-12-23(13-11-22)25-18-32(19-29(4)14-7-6-8-15-29)26-16-24(17-30-28(25)26)27-20(2)31-33-21(27)3;1-2/h5,10-13,16-18,28,30H,1,6-9,14-15,19H2,2-4H3;2H,1H3. The van der Waals surface area contributed by atoms with Crippen LogP contribution in [0.25, 0.3) is 11.1 Å². The maximum absolute atomic E-state index is 7.00. The summed E-state index contributed by atoms with van der Waals surface area (Å²) in [5.74, 6) is 0.866. The lowest BCUT2D eigenvalue weighted by Gasteiger charge is -2.38. The van der Waals surface area contributed by atoms with Crippen LogP contribution in [0.3, 0.4) is 0 Å². The summed E-state index contributed by atoms with van der Waals surface area (Å²) in [6, 6.07) is 9.11. The van der Waals surface area contributed by atoms with Gasteiger partial charge in [-0.1, -0.05) is 61.7 Å². The molecule has 1 saturated carbocycles. The van der Waals surface area contributed by atoms with Crippen molar-refractivity contribution in [2.24, 2.45) is 5.41 Å². The predicted octanol–water partition coefficient (Wildman–Crippen LogP) is 6.15. The SMILES string of the molecule is C=CCc1ccc(C2=CN(CC3(C)CCCCC3)C3=CC(c4c(C)noc4C)=CNC23)cc1.CO. The quantitative estimate of drug-likeness (QED) is 0.493. The average Bonchev–Trinajstić information content (AvgIpc) is 3.40. The Labute approximate surface area is 209 Å². The molecule has 3 heterocycles. The van der Waals surface area contributed by atoms with Gasteiger partial charge in [0, 0.05) is 48.5 Å². The Morgan fingerprint density at radius 3 is 2.51 bits per heavy atom.